The van der Waals surface area contributed by atoms with E-state index in [0.717, 1.165) is 23.3 Å². The van der Waals surface area contributed by atoms with E-state index in [4.69, 9.17) is 0 Å². The Morgan fingerprint density at radius 1 is 1.40 bits per heavy atom. The van der Waals surface area contributed by atoms with Crippen molar-refractivity contribution in [3.63, 3.8) is 0 Å². The molecule has 1 aromatic rings. The molecule has 0 fully saturated rings. The zero-order chi connectivity index (χ0) is 10.7. The average molecular weight is 223 g/mol. The molecule has 2 heterocycles. The summed E-state index contributed by atoms with van der Waals surface area (Å²) in [7, 11) is 0. The van der Waals surface area contributed by atoms with Crippen molar-refractivity contribution in [2.45, 2.75) is 18.9 Å². The maximum atomic E-state index is 4.39. The zero-order valence-corrected chi connectivity index (χ0v) is 9.51. The van der Waals surface area contributed by atoms with Crippen LogP contribution in [0.15, 0.2) is 22.4 Å². The molecule has 2 N–H and O–H groups in total. The molecule has 5 nitrogen and oxygen atoms in total. The van der Waals surface area contributed by atoms with E-state index in [1.807, 2.05) is 0 Å². The van der Waals surface area contributed by atoms with Crippen LogP contribution in [0.5, 0.6) is 0 Å². The fourth-order valence-electron chi connectivity index (χ4n) is 1.07. The third-order valence-corrected chi connectivity index (χ3v) is 2.55. The minimum atomic E-state index is 0.550. The van der Waals surface area contributed by atoms with Crippen LogP contribution in [0.1, 0.15) is 13.8 Å². The van der Waals surface area contributed by atoms with Gasteiger partial charge in [-0.2, -0.15) is 0 Å². The molecule has 0 saturated heterocycles. The van der Waals surface area contributed by atoms with Crippen LogP contribution in [0, 0.1) is 5.92 Å². The zero-order valence-electron chi connectivity index (χ0n) is 8.69. The molecule has 0 saturated carbocycles. The molecule has 0 spiro atoms. The quantitative estimate of drug-likeness (QED) is 0.744. The first-order chi connectivity index (χ1) is 7.25. The number of aromatic nitrogens is 2. The van der Waals surface area contributed by atoms with Crippen LogP contribution in [0.25, 0.3) is 0 Å². The van der Waals surface area contributed by atoms with Crippen molar-refractivity contribution in [3.8, 4) is 0 Å². The molecule has 1 aliphatic heterocycles. The SMILES string of the molecule is CC(C)CN=C1NSc2nccnc2N1. The Hall–Kier alpha value is -1.30. The molecule has 0 aromatic carbocycles. The van der Waals surface area contributed by atoms with Crippen LogP contribution in [-0.2, 0) is 0 Å². The van der Waals surface area contributed by atoms with E-state index in [1.54, 1.807) is 12.4 Å². The first kappa shape index (κ1) is 10.2. The van der Waals surface area contributed by atoms with Gasteiger partial charge >= 0.3 is 0 Å². The predicted octanol–water partition coefficient (Wildman–Crippen LogP) is 1.51. The fraction of sp³-hybridized carbons (Fsp3) is 0.444. The summed E-state index contributed by atoms with van der Waals surface area (Å²) < 4.78 is 3.08. The minimum absolute atomic E-state index is 0.550. The highest BCUT2D eigenvalue weighted by Gasteiger charge is 2.14. The van der Waals surface area contributed by atoms with Gasteiger partial charge in [0.05, 0.1) is 0 Å². The van der Waals surface area contributed by atoms with E-state index in [2.05, 4.69) is 38.8 Å². The number of nitrogens with zero attached hydrogens (tertiary/aromatic N) is 3. The van der Waals surface area contributed by atoms with Crippen molar-refractivity contribution in [2.24, 2.45) is 10.9 Å². The lowest BCUT2D eigenvalue weighted by molar-refractivity contribution is 0.664. The molecule has 0 amide bonds. The monoisotopic (exact) mass is 223 g/mol. The third kappa shape index (κ3) is 2.59. The first-order valence-corrected chi connectivity index (χ1v) is 5.62. The Morgan fingerprint density at radius 2 is 2.20 bits per heavy atom. The normalized spacial score (nSPS) is 17.1. The lowest BCUT2D eigenvalue weighted by Crippen LogP contribution is -2.30. The number of hydrogen-bond acceptors (Lipinski definition) is 4. The van der Waals surface area contributed by atoms with Crippen LogP contribution in [0.2, 0.25) is 0 Å². The second-order valence-corrected chi connectivity index (χ2v) is 4.42. The maximum absolute atomic E-state index is 4.39. The molecule has 15 heavy (non-hydrogen) atoms. The Bertz CT molecular complexity index is 377. The topological polar surface area (TPSA) is 62.2 Å². The largest absolute Gasteiger partial charge is 0.308 e. The van der Waals surface area contributed by atoms with Crippen LogP contribution in [0.4, 0.5) is 5.82 Å². The summed E-state index contributed by atoms with van der Waals surface area (Å²) in [5.41, 5.74) is 0. The summed E-state index contributed by atoms with van der Waals surface area (Å²) in [5, 5.41) is 3.94. The van der Waals surface area contributed by atoms with Gasteiger partial charge in [-0.05, 0) is 5.92 Å². The van der Waals surface area contributed by atoms with E-state index in [1.165, 1.54) is 11.9 Å². The Balaban J connectivity index is 2.08. The van der Waals surface area contributed by atoms with Crippen molar-refractivity contribution in [1.29, 1.82) is 0 Å². The Labute approximate surface area is 92.9 Å². The van der Waals surface area contributed by atoms with Gasteiger partial charge < -0.3 is 5.32 Å². The van der Waals surface area contributed by atoms with Crippen LogP contribution < -0.4 is 10.0 Å². The van der Waals surface area contributed by atoms with Gasteiger partial charge in [-0.15, -0.1) is 0 Å². The second-order valence-electron chi connectivity index (χ2n) is 3.62. The van der Waals surface area contributed by atoms with Crippen molar-refractivity contribution in [3.05, 3.63) is 12.4 Å². The van der Waals surface area contributed by atoms with E-state index in [0.29, 0.717) is 5.92 Å². The smallest absolute Gasteiger partial charge is 0.207 e. The predicted molar refractivity (Wildman–Crippen MR) is 61.8 cm³/mol. The van der Waals surface area contributed by atoms with Crippen LogP contribution in [-0.4, -0.2) is 22.5 Å². The van der Waals surface area contributed by atoms with Gasteiger partial charge in [0, 0.05) is 30.9 Å². The molecule has 1 aliphatic rings. The van der Waals surface area contributed by atoms with Gasteiger partial charge in [0.15, 0.2) is 10.8 Å². The standard InChI is InChI=1S/C9H13N5S/c1-6(2)5-12-9-13-7-8(15-14-9)11-4-3-10-7/h3-4,6H,5H2,1-2H3,(H2,10,12,13,14). The Kier molecular flexibility index (Phi) is 3.05. The number of aliphatic imine (C=N–C) groups is 1. The Morgan fingerprint density at radius 3 is 3.00 bits per heavy atom. The van der Waals surface area contributed by atoms with Crippen molar-refractivity contribution < 1.29 is 0 Å². The summed E-state index contributed by atoms with van der Waals surface area (Å²) >= 11 is 1.43. The highest BCUT2D eigenvalue weighted by atomic mass is 32.2. The molecule has 0 bridgehead atoms. The molecule has 6 heteroatoms. The molecular formula is C9H13N5S. The number of fused-ring (bicyclic) bond motifs is 1. The van der Waals surface area contributed by atoms with Gasteiger partial charge in [0.2, 0.25) is 5.96 Å². The minimum Gasteiger partial charge on any atom is -0.308 e. The third-order valence-electron chi connectivity index (χ3n) is 1.76. The molecule has 1 aromatic heterocycles. The van der Waals surface area contributed by atoms with E-state index >= 15 is 0 Å². The van der Waals surface area contributed by atoms with Crippen molar-refractivity contribution in [1.82, 2.24) is 14.7 Å². The van der Waals surface area contributed by atoms with E-state index in [9.17, 15) is 0 Å². The van der Waals surface area contributed by atoms with Gasteiger partial charge in [-0.3, -0.25) is 9.71 Å². The maximum Gasteiger partial charge on any atom is 0.207 e. The second kappa shape index (κ2) is 4.48. The van der Waals surface area contributed by atoms with Crippen molar-refractivity contribution >= 4 is 23.7 Å². The molecule has 2 rings (SSSR count). The number of rotatable bonds is 2. The van der Waals surface area contributed by atoms with E-state index in [-0.39, 0.29) is 0 Å². The number of hydrogen-bond donors (Lipinski definition) is 2. The van der Waals surface area contributed by atoms with Crippen LogP contribution >= 0.6 is 11.9 Å². The lowest BCUT2D eigenvalue weighted by Gasteiger charge is -2.18. The number of anilines is 1. The van der Waals surface area contributed by atoms with Crippen molar-refractivity contribution in [2.75, 3.05) is 11.9 Å². The van der Waals surface area contributed by atoms with Gasteiger partial charge in [-0.1, -0.05) is 13.8 Å². The van der Waals surface area contributed by atoms with Gasteiger partial charge in [-0.25, -0.2) is 9.97 Å². The highest BCUT2D eigenvalue weighted by Crippen LogP contribution is 2.23. The first-order valence-electron chi connectivity index (χ1n) is 4.81. The molecular weight excluding hydrogens is 210 g/mol. The lowest BCUT2D eigenvalue weighted by atomic mass is 10.2. The molecule has 0 atom stereocenters. The summed E-state index contributed by atoms with van der Waals surface area (Å²) in [6.07, 6.45) is 3.34. The van der Waals surface area contributed by atoms with Crippen LogP contribution in [0.3, 0.4) is 0 Å². The molecule has 0 aliphatic carbocycles. The van der Waals surface area contributed by atoms with Gasteiger partial charge in [0.25, 0.3) is 0 Å². The fourth-order valence-corrected chi connectivity index (χ4v) is 1.69. The number of nitrogens with one attached hydrogen (secondary N) is 2. The molecule has 80 valence electrons. The molecule has 0 unspecified atom stereocenters. The molecule has 0 radical (unpaired) electrons. The summed E-state index contributed by atoms with van der Waals surface area (Å²) in [6.45, 7) is 5.06. The summed E-state index contributed by atoms with van der Waals surface area (Å²) in [4.78, 5) is 12.7. The van der Waals surface area contributed by atoms with Gasteiger partial charge in [0.1, 0.15) is 0 Å². The highest BCUT2D eigenvalue weighted by molar-refractivity contribution is 7.98. The van der Waals surface area contributed by atoms with E-state index < -0.39 is 0 Å². The summed E-state index contributed by atoms with van der Waals surface area (Å²) in [6, 6.07) is 0. The summed E-state index contributed by atoms with van der Waals surface area (Å²) in [5.74, 6) is 2.07. The number of guanidine groups is 1. The average Bonchev–Trinajstić information content (AvgIpc) is 2.26.